The summed E-state index contributed by atoms with van der Waals surface area (Å²) in [5, 5.41) is 0. The summed E-state index contributed by atoms with van der Waals surface area (Å²) in [5.74, 6) is 0. The number of rotatable bonds is 3. The zero-order valence-corrected chi connectivity index (χ0v) is 14.5. The molecule has 0 amide bonds. The van der Waals surface area contributed by atoms with Gasteiger partial charge < -0.3 is 0 Å². The van der Waals surface area contributed by atoms with Crippen LogP contribution in [0.1, 0.15) is 5.56 Å². The summed E-state index contributed by atoms with van der Waals surface area (Å²) in [7, 11) is 0. The molecule has 0 fully saturated rings. The molecule has 0 unspecified atom stereocenters. The van der Waals surface area contributed by atoms with Crippen molar-refractivity contribution in [2.75, 3.05) is 0 Å². The fraction of sp³-hybridized carbons (Fsp3) is 0.0588. The summed E-state index contributed by atoms with van der Waals surface area (Å²) in [5.41, 5.74) is 4.32. The molecular formula is C17H12N4OPt+2. The van der Waals surface area contributed by atoms with Crippen LogP contribution in [0.4, 0.5) is 5.69 Å². The first-order valence-electron chi connectivity index (χ1n) is 6.71. The molecule has 0 saturated heterocycles. The smallest absolute Gasteiger partial charge is 0.256 e. The first-order valence-corrected chi connectivity index (χ1v) is 6.71. The van der Waals surface area contributed by atoms with Gasteiger partial charge in [0.25, 0.3) is 0 Å². The third-order valence-corrected chi connectivity index (χ3v) is 3.26. The molecule has 0 spiro atoms. The van der Waals surface area contributed by atoms with Gasteiger partial charge in [-0.3, -0.25) is 15.0 Å². The predicted octanol–water partition coefficient (Wildman–Crippen LogP) is 3.48. The molecule has 0 aromatic carbocycles. The molecule has 0 atom stereocenters. The molecule has 0 N–H and O–H groups in total. The number of aliphatic imine (C=N–C) groups is 1. The van der Waals surface area contributed by atoms with Crippen molar-refractivity contribution in [2.45, 2.75) is 6.92 Å². The monoisotopic (exact) mass is 483 g/mol. The molecule has 0 radical (unpaired) electrons. The minimum Gasteiger partial charge on any atom is -0.256 e. The van der Waals surface area contributed by atoms with Gasteiger partial charge in [0.15, 0.2) is 0 Å². The van der Waals surface area contributed by atoms with Gasteiger partial charge in [0.1, 0.15) is 17.1 Å². The second kappa shape index (κ2) is 7.68. The topological polar surface area (TPSA) is 68.1 Å². The largest absolute Gasteiger partial charge is 2.00 e. The average Bonchev–Trinajstić information content (AvgIpc) is 2.56. The van der Waals surface area contributed by atoms with Crippen molar-refractivity contribution >= 4 is 11.8 Å². The van der Waals surface area contributed by atoms with Crippen molar-refractivity contribution in [3.05, 3.63) is 60.6 Å². The number of pyridine rings is 3. The van der Waals surface area contributed by atoms with Gasteiger partial charge in [-0.2, -0.15) is 4.99 Å². The standard InChI is InChI=1S/C17H12N4O.Pt/c1-12-7-10-20-17(15(12)13-5-2-3-8-18-13)16-14(21-11-22)6-4-9-19-16;/h2-10H,1H3;/q;+2. The van der Waals surface area contributed by atoms with Crippen molar-refractivity contribution in [3.63, 3.8) is 0 Å². The third kappa shape index (κ3) is 3.47. The Bertz CT molecular complexity index is 861. The van der Waals surface area contributed by atoms with Gasteiger partial charge in [0.2, 0.25) is 6.08 Å². The van der Waals surface area contributed by atoms with Gasteiger partial charge >= 0.3 is 21.1 Å². The molecule has 0 saturated carbocycles. The van der Waals surface area contributed by atoms with E-state index in [1.54, 1.807) is 36.8 Å². The quantitative estimate of drug-likeness (QED) is 0.423. The van der Waals surface area contributed by atoms with Crippen LogP contribution in [0.15, 0.2) is 60.0 Å². The van der Waals surface area contributed by atoms with E-state index in [-0.39, 0.29) is 21.1 Å². The van der Waals surface area contributed by atoms with Crippen LogP contribution in [0.5, 0.6) is 0 Å². The second-order valence-corrected chi connectivity index (χ2v) is 4.64. The Balaban J connectivity index is 0.00000192. The molecule has 3 rings (SSSR count). The van der Waals surface area contributed by atoms with E-state index in [2.05, 4.69) is 19.9 Å². The van der Waals surface area contributed by atoms with Crippen LogP contribution < -0.4 is 0 Å². The van der Waals surface area contributed by atoms with E-state index in [1.807, 2.05) is 31.2 Å². The molecule has 3 heterocycles. The van der Waals surface area contributed by atoms with E-state index < -0.39 is 0 Å². The van der Waals surface area contributed by atoms with Gasteiger partial charge in [-0.25, -0.2) is 4.79 Å². The Labute approximate surface area is 147 Å². The number of nitrogens with zero attached hydrogens (tertiary/aromatic N) is 4. The van der Waals surface area contributed by atoms with Gasteiger partial charge in [-0.15, -0.1) is 0 Å². The minimum absolute atomic E-state index is 0. The van der Waals surface area contributed by atoms with Gasteiger partial charge in [0, 0.05) is 24.2 Å². The van der Waals surface area contributed by atoms with Crippen molar-refractivity contribution in [1.82, 2.24) is 15.0 Å². The summed E-state index contributed by atoms with van der Waals surface area (Å²) in [6, 6.07) is 11.0. The van der Waals surface area contributed by atoms with E-state index in [0.29, 0.717) is 17.1 Å². The molecule has 23 heavy (non-hydrogen) atoms. The van der Waals surface area contributed by atoms with Gasteiger partial charge in [-0.05, 0) is 42.8 Å². The molecule has 114 valence electrons. The molecule has 5 nitrogen and oxygen atoms in total. The van der Waals surface area contributed by atoms with Gasteiger partial charge in [0.05, 0.1) is 5.69 Å². The van der Waals surface area contributed by atoms with E-state index in [9.17, 15) is 4.79 Å². The van der Waals surface area contributed by atoms with Crippen LogP contribution in [0.3, 0.4) is 0 Å². The molecule has 0 aliphatic heterocycles. The number of aromatic nitrogens is 3. The zero-order valence-electron chi connectivity index (χ0n) is 12.2. The zero-order chi connectivity index (χ0) is 15.4. The number of hydrogen-bond acceptors (Lipinski definition) is 5. The molecule has 3 aromatic rings. The first-order chi connectivity index (χ1) is 10.8. The predicted molar refractivity (Wildman–Crippen MR) is 83.2 cm³/mol. The number of hydrogen-bond donors (Lipinski definition) is 0. The molecular weight excluding hydrogens is 471 g/mol. The Morgan fingerprint density at radius 3 is 2.43 bits per heavy atom. The molecule has 0 aliphatic carbocycles. The maximum absolute atomic E-state index is 10.6. The first kappa shape index (κ1) is 16.9. The Morgan fingerprint density at radius 2 is 1.70 bits per heavy atom. The number of isocyanates is 1. The van der Waals surface area contributed by atoms with Crippen molar-refractivity contribution in [3.8, 4) is 22.6 Å². The van der Waals surface area contributed by atoms with Crippen LogP contribution in [0, 0.1) is 6.92 Å². The molecule has 0 bridgehead atoms. The Morgan fingerprint density at radius 1 is 0.913 bits per heavy atom. The van der Waals surface area contributed by atoms with Crippen LogP contribution in [-0.2, 0) is 25.9 Å². The van der Waals surface area contributed by atoms with Crippen molar-refractivity contribution < 1.29 is 25.9 Å². The maximum atomic E-state index is 10.6. The van der Waals surface area contributed by atoms with Crippen molar-refractivity contribution in [1.29, 1.82) is 0 Å². The molecule has 0 aliphatic rings. The van der Waals surface area contributed by atoms with Crippen LogP contribution >= 0.6 is 0 Å². The normalized spacial score (nSPS) is 9.61. The van der Waals surface area contributed by atoms with Crippen LogP contribution in [0.25, 0.3) is 22.6 Å². The summed E-state index contributed by atoms with van der Waals surface area (Å²) < 4.78 is 0. The summed E-state index contributed by atoms with van der Waals surface area (Å²) >= 11 is 0. The number of aryl methyl sites for hydroxylation is 1. The second-order valence-electron chi connectivity index (χ2n) is 4.64. The summed E-state index contributed by atoms with van der Waals surface area (Å²) in [6.45, 7) is 1.99. The Hall–Kier alpha value is -2.48. The summed E-state index contributed by atoms with van der Waals surface area (Å²) in [6.07, 6.45) is 6.64. The SMILES string of the molecule is Cc1ccnc(-c2ncccc2N=C=O)c1-c1ccccn1.[Pt+2]. The van der Waals surface area contributed by atoms with Crippen LogP contribution in [0.2, 0.25) is 0 Å². The maximum Gasteiger partial charge on any atom is 2.00 e. The van der Waals surface area contributed by atoms with E-state index >= 15 is 0 Å². The van der Waals surface area contributed by atoms with Crippen molar-refractivity contribution in [2.24, 2.45) is 4.99 Å². The molecule has 3 aromatic heterocycles. The fourth-order valence-corrected chi connectivity index (χ4v) is 2.29. The Kier molecular flexibility index (Phi) is 5.64. The minimum atomic E-state index is 0. The third-order valence-electron chi connectivity index (χ3n) is 3.26. The number of carbonyl (C=O) groups excluding carboxylic acids is 1. The average molecular weight is 483 g/mol. The van der Waals surface area contributed by atoms with Crippen LogP contribution in [-0.4, -0.2) is 21.0 Å². The molecule has 6 heteroatoms. The summed E-state index contributed by atoms with van der Waals surface area (Å²) in [4.78, 5) is 27.5. The van der Waals surface area contributed by atoms with Gasteiger partial charge in [-0.1, -0.05) is 6.07 Å². The van der Waals surface area contributed by atoms with E-state index in [4.69, 9.17) is 0 Å². The van der Waals surface area contributed by atoms with E-state index in [0.717, 1.165) is 16.8 Å². The van der Waals surface area contributed by atoms with E-state index in [1.165, 1.54) is 0 Å². The fourth-order valence-electron chi connectivity index (χ4n) is 2.29.